The van der Waals surface area contributed by atoms with Crippen LogP contribution in [0.5, 0.6) is 0 Å². The van der Waals surface area contributed by atoms with E-state index in [9.17, 15) is 9.59 Å². The van der Waals surface area contributed by atoms with Crippen molar-refractivity contribution in [2.75, 3.05) is 26.3 Å². The molecule has 0 radical (unpaired) electrons. The van der Waals surface area contributed by atoms with Gasteiger partial charge < -0.3 is 24.2 Å². The normalized spacial score (nSPS) is 20.6. The molecule has 1 heterocycles. The molecule has 0 saturated carbocycles. The molecule has 1 fully saturated rings. The highest BCUT2D eigenvalue weighted by Crippen LogP contribution is 2.13. The molecule has 1 unspecified atom stereocenters. The third kappa shape index (κ3) is 5.33. The lowest BCUT2D eigenvalue weighted by Gasteiger charge is -2.33. The second kappa shape index (κ2) is 6.01. The summed E-state index contributed by atoms with van der Waals surface area (Å²) in [5.74, 6) is -1.08. The molecule has 1 N–H and O–H groups in total. The van der Waals surface area contributed by atoms with E-state index in [1.54, 1.807) is 20.8 Å². The summed E-state index contributed by atoms with van der Waals surface area (Å²) >= 11 is 0. The number of amides is 1. The minimum atomic E-state index is -1.08. The molecule has 0 bridgehead atoms. The molecule has 0 aromatic rings. The Balaban J connectivity index is 2.43. The van der Waals surface area contributed by atoms with Gasteiger partial charge in [0.25, 0.3) is 0 Å². The van der Waals surface area contributed by atoms with E-state index < -0.39 is 30.6 Å². The maximum absolute atomic E-state index is 11.8. The summed E-state index contributed by atoms with van der Waals surface area (Å²) in [4.78, 5) is 23.6. The maximum Gasteiger partial charge on any atom is 0.410 e. The smallest absolute Gasteiger partial charge is 0.410 e. The number of carbonyl (C=O) groups is 2. The Morgan fingerprint density at radius 1 is 1.44 bits per heavy atom. The lowest BCUT2D eigenvalue weighted by molar-refractivity contribution is -0.186. The van der Waals surface area contributed by atoms with Gasteiger partial charge in [0.1, 0.15) is 12.2 Å². The van der Waals surface area contributed by atoms with Gasteiger partial charge >= 0.3 is 12.1 Å². The van der Waals surface area contributed by atoms with E-state index in [1.165, 1.54) is 4.90 Å². The van der Waals surface area contributed by atoms with E-state index in [4.69, 9.17) is 19.3 Å². The second-order valence-electron chi connectivity index (χ2n) is 4.93. The van der Waals surface area contributed by atoms with Crippen LogP contribution in [0.2, 0.25) is 0 Å². The Hall–Kier alpha value is -1.34. The number of hydrogen-bond donors (Lipinski definition) is 1. The van der Waals surface area contributed by atoms with Gasteiger partial charge in [-0.25, -0.2) is 9.59 Å². The minimum Gasteiger partial charge on any atom is -0.480 e. The van der Waals surface area contributed by atoms with Crippen molar-refractivity contribution in [1.29, 1.82) is 0 Å². The highest BCUT2D eigenvalue weighted by Gasteiger charge is 2.28. The van der Waals surface area contributed by atoms with Gasteiger partial charge in [0.15, 0.2) is 6.29 Å². The summed E-state index contributed by atoms with van der Waals surface area (Å²) < 4.78 is 15.4. The van der Waals surface area contributed by atoms with Crippen LogP contribution in [-0.4, -0.2) is 60.3 Å². The molecule has 7 heteroatoms. The van der Waals surface area contributed by atoms with Crippen LogP contribution in [0.3, 0.4) is 0 Å². The molecule has 1 amide bonds. The zero-order valence-corrected chi connectivity index (χ0v) is 10.8. The Morgan fingerprint density at radius 3 is 2.67 bits per heavy atom. The molecule has 1 saturated heterocycles. The van der Waals surface area contributed by atoms with Crippen molar-refractivity contribution in [3.63, 3.8) is 0 Å². The first-order chi connectivity index (χ1) is 8.28. The summed E-state index contributed by atoms with van der Waals surface area (Å²) in [7, 11) is 0. The Kier molecular flexibility index (Phi) is 4.92. The first-order valence-corrected chi connectivity index (χ1v) is 5.71. The van der Waals surface area contributed by atoms with Crippen molar-refractivity contribution in [2.24, 2.45) is 0 Å². The summed E-state index contributed by atoms with van der Waals surface area (Å²) in [5.41, 5.74) is -0.563. The number of carbonyl (C=O) groups excluding carboxylic acids is 1. The molecule has 1 rings (SSSR count). The first kappa shape index (κ1) is 14.7. The summed E-state index contributed by atoms with van der Waals surface area (Å²) in [6.45, 7) is 5.76. The predicted octanol–water partition coefficient (Wildman–Crippen LogP) is 0.681. The molecule has 104 valence electrons. The third-order valence-corrected chi connectivity index (χ3v) is 2.08. The number of rotatable bonds is 3. The topological polar surface area (TPSA) is 85.3 Å². The number of carboxylic acid groups (broad SMARTS) is 1. The number of aliphatic carboxylic acids is 1. The van der Waals surface area contributed by atoms with Gasteiger partial charge in [0.2, 0.25) is 0 Å². The largest absolute Gasteiger partial charge is 0.480 e. The molecule has 0 aromatic heterocycles. The van der Waals surface area contributed by atoms with Gasteiger partial charge in [-0.2, -0.15) is 0 Å². The molecule has 7 nitrogen and oxygen atoms in total. The van der Waals surface area contributed by atoms with Crippen LogP contribution >= 0.6 is 0 Å². The minimum absolute atomic E-state index is 0.169. The van der Waals surface area contributed by atoms with E-state index >= 15 is 0 Å². The van der Waals surface area contributed by atoms with Gasteiger partial charge in [-0.3, -0.25) is 0 Å². The van der Waals surface area contributed by atoms with Crippen LogP contribution in [0.15, 0.2) is 0 Å². The molecule has 1 aliphatic rings. The zero-order chi connectivity index (χ0) is 13.8. The van der Waals surface area contributed by atoms with Crippen molar-refractivity contribution < 1.29 is 28.9 Å². The van der Waals surface area contributed by atoms with E-state index in [1.807, 2.05) is 0 Å². The van der Waals surface area contributed by atoms with Crippen molar-refractivity contribution >= 4 is 12.1 Å². The molecular weight excluding hydrogens is 242 g/mol. The second-order valence-corrected chi connectivity index (χ2v) is 4.93. The molecule has 0 spiro atoms. The van der Waals surface area contributed by atoms with Crippen LogP contribution in [0.1, 0.15) is 20.8 Å². The fraction of sp³-hybridized carbons (Fsp3) is 0.818. The average molecular weight is 261 g/mol. The van der Waals surface area contributed by atoms with Crippen LogP contribution in [0.4, 0.5) is 4.79 Å². The molecule has 18 heavy (non-hydrogen) atoms. The van der Waals surface area contributed by atoms with Gasteiger partial charge in [-0.15, -0.1) is 0 Å². The van der Waals surface area contributed by atoms with Crippen LogP contribution < -0.4 is 0 Å². The monoisotopic (exact) mass is 261 g/mol. The highest BCUT2D eigenvalue weighted by molar-refractivity contribution is 5.68. The first-order valence-electron chi connectivity index (χ1n) is 5.71. The lowest BCUT2D eigenvalue weighted by atomic mass is 10.2. The molecule has 1 atom stereocenters. The predicted molar refractivity (Wildman–Crippen MR) is 61.1 cm³/mol. The average Bonchev–Trinajstić information content (AvgIpc) is 2.24. The fourth-order valence-corrected chi connectivity index (χ4v) is 1.38. The van der Waals surface area contributed by atoms with Gasteiger partial charge in [-0.1, -0.05) is 0 Å². The van der Waals surface area contributed by atoms with Crippen molar-refractivity contribution in [2.45, 2.75) is 32.7 Å². The van der Waals surface area contributed by atoms with E-state index in [-0.39, 0.29) is 6.54 Å². The van der Waals surface area contributed by atoms with Crippen LogP contribution in [0.25, 0.3) is 0 Å². The van der Waals surface area contributed by atoms with Crippen molar-refractivity contribution in [3.8, 4) is 0 Å². The fourth-order valence-electron chi connectivity index (χ4n) is 1.38. The number of carboxylic acids is 1. The highest BCUT2D eigenvalue weighted by atomic mass is 16.7. The molecule has 0 aromatic carbocycles. The van der Waals surface area contributed by atoms with Crippen molar-refractivity contribution in [3.05, 3.63) is 0 Å². The third-order valence-electron chi connectivity index (χ3n) is 2.08. The van der Waals surface area contributed by atoms with Crippen molar-refractivity contribution in [1.82, 2.24) is 4.90 Å². The van der Waals surface area contributed by atoms with Crippen LogP contribution in [0, 0.1) is 0 Å². The summed E-state index contributed by atoms with van der Waals surface area (Å²) in [6.07, 6.45) is -1.17. The van der Waals surface area contributed by atoms with E-state index in [0.29, 0.717) is 13.2 Å². The van der Waals surface area contributed by atoms with Gasteiger partial charge in [-0.05, 0) is 20.8 Å². The van der Waals surface area contributed by atoms with Gasteiger partial charge in [0.05, 0.1) is 13.2 Å². The Bertz CT molecular complexity index is 311. The zero-order valence-electron chi connectivity index (χ0n) is 10.8. The molecular formula is C11H19NO6. The summed E-state index contributed by atoms with van der Waals surface area (Å²) in [6, 6.07) is 0. The number of hydrogen-bond acceptors (Lipinski definition) is 5. The quantitative estimate of drug-likeness (QED) is 0.804. The van der Waals surface area contributed by atoms with Gasteiger partial charge in [0, 0.05) is 6.54 Å². The van der Waals surface area contributed by atoms with Crippen LogP contribution in [-0.2, 0) is 19.0 Å². The SMILES string of the molecule is CC(C)(C)OC(=O)N1CCOC(OCC(=O)O)C1. The number of nitrogens with zero attached hydrogens (tertiary/aromatic N) is 1. The maximum atomic E-state index is 11.8. The number of morpholine rings is 1. The Morgan fingerprint density at radius 2 is 2.11 bits per heavy atom. The van der Waals surface area contributed by atoms with E-state index in [2.05, 4.69) is 0 Å². The molecule has 1 aliphatic heterocycles. The summed E-state index contributed by atoms with van der Waals surface area (Å²) in [5, 5.41) is 8.49. The Labute approximate surface area is 106 Å². The standard InChI is InChI=1S/C11H19NO6/c1-11(2,3)18-10(15)12-4-5-16-9(6-12)17-7-8(13)14/h9H,4-7H2,1-3H3,(H,13,14). The molecule has 0 aliphatic carbocycles. The number of ether oxygens (including phenoxy) is 3. The lowest BCUT2D eigenvalue weighted by Crippen LogP contribution is -2.48. The van der Waals surface area contributed by atoms with E-state index in [0.717, 1.165) is 0 Å².